The molecule has 1 aliphatic heterocycles. The van der Waals surface area contributed by atoms with Crippen LogP contribution < -0.4 is 0 Å². The minimum atomic E-state index is -1.53. The number of esters is 1. The number of unbranched alkanes of at least 4 members (excludes halogenated alkanes) is 20. The van der Waals surface area contributed by atoms with E-state index in [-0.39, 0.29) is 19.2 Å². The summed E-state index contributed by atoms with van der Waals surface area (Å²) >= 11 is 0. The highest BCUT2D eigenvalue weighted by Crippen LogP contribution is 2.22. The Kier molecular flexibility index (Phi) is 32.2. The molecule has 0 amide bonds. The van der Waals surface area contributed by atoms with Crippen LogP contribution in [0.2, 0.25) is 0 Å². The third kappa shape index (κ3) is 26.1. The fourth-order valence-corrected chi connectivity index (χ4v) is 6.29. The molecule has 6 unspecified atom stereocenters. The van der Waals surface area contributed by atoms with Crippen LogP contribution >= 0.6 is 0 Å². The van der Waals surface area contributed by atoms with Gasteiger partial charge in [0.05, 0.1) is 19.8 Å². The average Bonchev–Trinajstić information content (AvgIpc) is 3.13. The van der Waals surface area contributed by atoms with Gasteiger partial charge >= 0.3 is 5.97 Å². The second-order valence-corrected chi connectivity index (χ2v) is 14.4. The molecule has 0 aliphatic carbocycles. The predicted octanol–water partition coefficient (Wildman–Crippen LogP) is 8.64. The molecular weight excluding hydrogens is 648 g/mol. The lowest BCUT2D eigenvalue weighted by atomic mass is 9.99. The minimum Gasteiger partial charge on any atom is -0.457 e. The van der Waals surface area contributed by atoms with Crippen molar-refractivity contribution in [2.24, 2.45) is 0 Å². The maximum absolute atomic E-state index is 12.7. The van der Waals surface area contributed by atoms with Gasteiger partial charge in [-0.1, -0.05) is 147 Å². The molecule has 300 valence electrons. The number of carbonyl (C=O) groups excluding carboxylic acids is 1. The van der Waals surface area contributed by atoms with Crippen molar-refractivity contribution in [3.63, 3.8) is 0 Å². The summed E-state index contributed by atoms with van der Waals surface area (Å²) in [6, 6.07) is 0. The van der Waals surface area contributed by atoms with Gasteiger partial charge in [-0.2, -0.15) is 0 Å². The number of aliphatic hydroxyl groups is 4. The second kappa shape index (κ2) is 34.4. The van der Waals surface area contributed by atoms with E-state index >= 15 is 0 Å². The number of allylic oxidation sites excluding steroid dienone is 4. The smallest absolute Gasteiger partial charge is 0.306 e. The molecule has 0 aromatic carbocycles. The molecule has 6 atom stereocenters. The predicted molar refractivity (Wildman–Crippen MR) is 205 cm³/mol. The summed E-state index contributed by atoms with van der Waals surface area (Å²) in [5.41, 5.74) is 0. The van der Waals surface area contributed by atoms with Gasteiger partial charge in [-0.05, 0) is 44.9 Å². The van der Waals surface area contributed by atoms with Crippen LogP contribution in [0.25, 0.3) is 0 Å². The van der Waals surface area contributed by atoms with Crippen LogP contribution in [0.1, 0.15) is 174 Å². The van der Waals surface area contributed by atoms with Crippen molar-refractivity contribution in [2.45, 2.75) is 211 Å². The number of ether oxygens (including phenoxy) is 4. The van der Waals surface area contributed by atoms with Gasteiger partial charge in [0.15, 0.2) is 6.29 Å². The first-order valence-electron chi connectivity index (χ1n) is 20.9. The number of carbonyl (C=O) groups is 1. The number of rotatable bonds is 35. The lowest BCUT2D eigenvalue weighted by molar-refractivity contribution is -0.305. The van der Waals surface area contributed by atoms with Crippen molar-refractivity contribution in [1.82, 2.24) is 0 Å². The van der Waals surface area contributed by atoms with E-state index in [0.717, 1.165) is 51.4 Å². The van der Waals surface area contributed by atoms with E-state index in [4.69, 9.17) is 18.9 Å². The molecule has 9 heteroatoms. The highest BCUT2D eigenvalue weighted by atomic mass is 16.7. The summed E-state index contributed by atoms with van der Waals surface area (Å²) in [5, 5.41) is 40.0. The zero-order valence-corrected chi connectivity index (χ0v) is 32.6. The molecule has 9 nitrogen and oxygen atoms in total. The molecule has 0 bridgehead atoms. The van der Waals surface area contributed by atoms with Gasteiger partial charge in [-0.3, -0.25) is 4.79 Å². The van der Waals surface area contributed by atoms with Crippen molar-refractivity contribution >= 4 is 5.97 Å². The van der Waals surface area contributed by atoms with Gasteiger partial charge < -0.3 is 39.4 Å². The highest BCUT2D eigenvalue weighted by molar-refractivity contribution is 5.69. The lowest BCUT2D eigenvalue weighted by Gasteiger charge is -2.39. The Bertz CT molecular complexity index is 833. The molecule has 0 saturated carbocycles. The zero-order valence-electron chi connectivity index (χ0n) is 32.6. The van der Waals surface area contributed by atoms with E-state index in [1.165, 1.54) is 103 Å². The van der Waals surface area contributed by atoms with Gasteiger partial charge in [-0.25, -0.2) is 0 Å². The van der Waals surface area contributed by atoms with Crippen LogP contribution in [-0.2, 0) is 23.7 Å². The molecule has 1 saturated heterocycles. The molecule has 1 fully saturated rings. The summed E-state index contributed by atoms with van der Waals surface area (Å²) in [7, 11) is 0. The van der Waals surface area contributed by atoms with Crippen LogP contribution in [0, 0.1) is 0 Å². The van der Waals surface area contributed by atoms with Crippen LogP contribution in [0.3, 0.4) is 0 Å². The van der Waals surface area contributed by atoms with Crippen LogP contribution in [0.15, 0.2) is 24.3 Å². The highest BCUT2D eigenvalue weighted by Gasteiger charge is 2.44. The molecule has 1 aliphatic rings. The third-order valence-corrected chi connectivity index (χ3v) is 9.62. The molecule has 1 rings (SSSR count). The first kappa shape index (κ1) is 47.7. The van der Waals surface area contributed by atoms with Crippen molar-refractivity contribution in [3.05, 3.63) is 24.3 Å². The first-order valence-corrected chi connectivity index (χ1v) is 20.9. The largest absolute Gasteiger partial charge is 0.457 e. The summed E-state index contributed by atoms with van der Waals surface area (Å²) in [4.78, 5) is 12.7. The second-order valence-electron chi connectivity index (χ2n) is 14.4. The fourth-order valence-electron chi connectivity index (χ4n) is 6.29. The summed E-state index contributed by atoms with van der Waals surface area (Å²) in [5.74, 6) is -0.318. The fraction of sp³-hybridized carbons (Fsp3) is 0.881. The normalized spacial score (nSPS) is 21.6. The molecule has 0 spiro atoms. The van der Waals surface area contributed by atoms with Crippen molar-refractivity contribution in [1.29, 1.82) is 0 Å². The summed E-state index contributed by atoms with van der Waals surface area (Å²) < 4.78 is 22.7. The molecule has 51 heavy (non-hydrogen) atoms. The zero-order chi connectivity index (χ0) is 37.2. The van der Waals surface area contributed by atoms with Gasteiger partial charge in [0.2, 0.25) is 0 Å². The van der Waals surface area contributed by atoms with Gasteiger partial charge in [0.25, 0.3) is 0 Å². The van der Waals surface area contributed by atoms with Gasteiger partial charge in [0, 0.05) is 13.0 Å². The third-order valence-electron chi connectivity index (χ3n) is 9.62. The quantitative estimate of drug-likeness (QED) is 0.0288. The van der Waals surface area contributed by atoms with Crippen molar-refractivity contribution in [3.8, 4) is 0 Å². The number of hydrogen-bond donors (Lipinski definition) is 4. The Morgan fingerprint density at radius 3 is 1.71 bits per heavy atom. The molecule has 0 aromatic rings. The monoisotopic (exact) mass is 727 g/mol. The van der Waals surface area contributed by atoms with Crippen LogP contribution in [0.5, 0.6) is 0 Å². The van der Waals surface area contributed by atoms with Crippen molar-refractivity contribution < 1.29 is 44.2 Å². The maximum atomic E-state index is 12.7. The Morgan fingerprint density at radius 1 is 0.627 bits per heavy atom. The summed E-state index contributed by atoms with van der Waals surface area (Å²) in [6.45, 7) is 4.51. The molecular formula is C42H78O9. The number of hydrogen-bond acceptors (Lipinski definition) is 9. The van der Waals surface area contributed by atoms with E-state index in [0.29, 0.717) is 13.0 Å². The topological polar surface area (TPSA) is 135 Å². The van der Waals surface area contributed by atoms with E-state index in [2.05, 4.69) is 38.2 Å². The minimum absolute atomic E-state index is 0.115. The van der Waals surface area contributed by atoms with Gasteiger partial charge in [-0.15, -0.1) is 0 Å². The Balaban J connectivity index is 2.29. The van der Waals surface area contributed by atoms with E-state index in [9.17, 15) is 25.2 Å². The molecule has 1 heterocycles. The Hall–Kier alpha value is -1.33. The van der Waals surface area contributed by atoms with Crippen LogP contribution in [0.4, 0.5) is 0 Å². The van der Waals surface area contributed by atoms with Crippen LogP contribution in [-0.4, -0.2) is 89.6 Å². The average molecular weight is 727 g/mol. The Labute approximate surface area is 311 Å². The first-order chi connectivity index (χ1) is 24.9. The standard InChI is InChI=1S/C42H78O9/c1-3-5-7-9-11-13-15-16-17-18-19-20-22-24-26-28-30-32-48-34-36(35-49-42-41(47)40(46)39(45)37(33-43)51-42)50-38(44)31-29-27-25-23-21-14-12-10-8-6-4-2/h13,15,17-18,36-37,39-43,45-47H,3-12,14,16,19-35H2,1-2H3/b15-13-,18-17-. The lowest BCUT2D eigenvalue weighted by Crippen LogP contribution is -2.59. The van der Waals surface area contributed by atoms with E-state index in [1.54, 1.807) is 0 Å². The van der Waals surface area contributed by atoms with Crippen molar-refractivity contribution in [2.75, 3.05) is 26.4 Å². The van der Waals surface area contributed by atoms with E-state index < -0.39 is 43.4 Å². The Morgan fingerprint density at radius 2 is 1.14 bits per heavy atom. The van der Waals surface area contributed by atoms with Gasteiger partial charge in [0.1, 0.15) is 30.5 Å². The SMILES string of the molecule is CCCCCC/C=C\C/C=C\CCCCCCCCOCC(COC1OC(CO)C(O)C(O)C1O)OC(=O)CCCCCCCCCCCCC. The summed E-state index contributed by atoms with van der Waals surface area (Å²) in [6.07, 6.45) is 30.6. The molecule has 4 N–H and O–H groups in total. The number of aliphatic hydroxyl groups excluding tert-OH is 4. The molecule has 0 aromatic heterocycles. The maximum Gasteiger partial charge on any atom is 0.306 e. The van der Waals surface area contributed by atoms with E-state index in [1.807, 2.05) is 0 Å². The molecule has 0 radical (unpaired) electrons.